The van der Waals surface area contributed by atoms with Crippen LogP contribution in [0.25, 0.3) is 6.08 Å². The Balaban J connectivity index is 2.58. The van der Waals surface area contributed by atoms with E-state index in [1.165, 1.54) is 11.4 Å². The Morgan fingerprint density at radius 2 is 1.76 bits per heavy atom. The van der Waals surface area contributed by atoms with E-state index in [0.29, 0.717) is 13.2 Å². The SMILES string of the molecule is CCOP(=S)(OCC)S/C=C/c1ccccc1. The first-order valence-electron chi connectivity index (χ1n) is 5.49. The minimum Gasteiger partial charge on any atom is -0.322 e. The van der Waals surface area contributed by atoms with Crippen LogP contribution < -0.4 is 0 Å². The fourth-order valence-electron chi connectivity index (χ4n) is 1.16. The molecule has 0 spiro atoms. The van der Waals surface area contributed by atoms with Crippen LogP contribution in [0, 0.1) is 0 Å². The highest BCUT2D eigenvalue weighted by Gasteiger charge is 2.16. The number of hydrogen-bond donors (Lipinski definition) is 0. The van der Waals surface area contributed by atoms with Crippen molar-refractivity contribution in [3.05, 3.63) is 41.3 Å². The summed E-state index contributed by atoms with van der Waals surface area (Å²) < 4.78 is 11.0. The zero-order valence-electron chi connectivity index (χ0n) is 10.0. The second-order valence-corrected chi connectivity index (χ2v) is 9.21. The topological polar surface area (TPSA) is 18.5 Å². The molecule has 0 heterocycles. The molecule has 1 aromatic rings. The summed E-state index contributed by atoms with van der Waals surface area (Å²) >= 11 is 6.86. The lowest BCUT2D eigenvalue weighted by Crippen LogP contribution is -1.90. The normalized spacial score (nSPS) is 12.1. The smallest absolute Gasteiger partial charge is 0.251 e. The van der Waals surface area contributed by atoms with Gasteiger partial charge in [0.15, 0.2) is 0 Å². The van der Waals surface area contributed by atoms with E-state index in [1.807, 2.05) is 55.7 Å². The highest BCUT2D eigenvalue weighted by atomic mass is 32.9. The van der Waals surface area contributed by atoms with Crippen molar-refractivity contribution in [1.82, 2.24) is 0 Å². The minimum absolute atomic E-state index is 0.587. The van der Waals surface area contributed by atoms with E-state index in [9.17, 15) is 0 Å². The Kier molecular flexibility index (Phi) is 7.09. The molecule has 0 aliphatic carbocycles. The molecule has 0 amide bonds. The van der Waals surface area contributed by atoms with Crippen LogP contribution in [-0.2, 0) is 20.9 Å². The van der Waals surface area contributed by atoms with Gasteiger partial charge in [-0.3, -0.25) is 0 Å². The molecule has 1 aromatic carbocycles. The van der Waals surface area contributed by atoms with Crippen LogP contribution in [0.15, 0.2) is 35.7 Å². The van der Waals surface area contributed by atoms with Crippen LogP contribution in [0.1, 0.15) is 19.4 Å². The summed E-state index contributed by atoms with van der Waals surface area (Å²) in [5, 5.41) is 1.96. The molecule has 0 saturated heterocycles. The van der Waals surface area contributed by atoms with Crippen LogP contribution in [0.3, 0.4) is 0 Å². The molecule has 0 aliphatic heterocycles. The van der Waals surface area contributed by atoms with Crippen molar-refractivity contribution in [3.8, 4) is 0 Å². The summed E-state index contributed by atoms with van der Waals surface area (Å²) in [5.41, 5.74) is -1.05. The van der Waals surface area contributed by atoms with Crippen molar-refractivity contribution in [2.75, 3.05) is 13.2 Å². The number of hydrogen-bond acceptors (Lipinski definition) is 4. The minimum atomic E-state index is -2.19. The molecule has 1 rings (SSSR count). The molecule has 17 heavy (non-hydrogen) atoms. The van der Waals surface area contributed by atoms with Gasteiger partial charge < -0.3 is 9.05 Å². The van der Waals surface area contributed by atoms with Crippen molar-refractivity contribution in [1.29, 1.82) is 0 Å². The van der Waals surface area contributed by atoms with E-state index < -0.39 is 5.69 Å². The molecule has 2 nitrogen and oxygen atoms in total. The lowest BCUT2D eigenvalue weighted by Gasteiger charge is -2.17. The molecule has 0 bridgehead atoms. The lowest BCUT2D eigenvalue weighted by molar-refractivity contribution is 0.281. The number of rotatable bonds is 7. The molecule has 0 aromatic heterocycles. The molecule has 94 valence electrons. The van der Waals surface area contributed by atoms with Crippen molar-refractivity contribution >= 4 is 35.0 Å². The Hall–Kier alpha value is -0.120. The fourth-order valence-corrected chi connectivity index (χ4v) is 5.06. The van der Waals surface area contributed by atoms with Gasteiger partial charge >= 0.3 is 0 Å². The second-order valence-electron chi connectivity index (χ2n) is 3.10. The van der Waals surface area contributed by atoms with Gasteiger partial charge in [-0.1, -0.05) is 30.3 Å². The van der Waals surface area contributed by atoms with Crippen LogP contribution in [0.5, 0.6) is 0 Å². The zero-order chi connectivity index (χ0) is 12.6. The first kappa shape index (κ1) is 14.9. The first-order chi connectivity index (χ1) is 8.20. The Labute approximate surface area is 112 Å². The van der Waals surface area contributed by atoms with Gasteiger partial charge in [0.05, 0.1) is 13.2 Å². The van der Waals surface area contributed by atoms with Gasteiger partial charge in [-0.05, 0) is 54.1 Å². The lowest BCUT2D eigenvalue weighted by atomic mass is 10.2. The summed E-state index contributed by atoms with van der Waals surface area (Å²) in [6, 6.07) is 10.1. The third-order valence-electron chi connectivity index (χ3n) is 1.82. The number of benzene rings is 1. The monoisotopic (exact) mass is 288 g/mol. The third-order valence-corrected chi connectivity index (χ3v) is 6.67. The van der Waals surface area contributed by atoms with Crippen molar-refractivity contribution in [3.63, 3.8) is 0 Å². The summed E-state index contributed by atoms with van der Waals surface area (Å²) in [4.78, 5) is 0. The van der Waals surface area contributed by atoms with E-state index in [2.05, 4.69) is 0 Å². The van der Waals surface area contributed by atoms with Gasteiger partial charge in [-0.2, -0.15) is 0 Å². The maximum atomic E-state index is 5.52. The average molecular weight is 288 g/mol. The van der Waals surface area contributed by atoms with E-state index in [0.717, 1.165) is 5.56 Å². The third kappa shape index (κ3) is 5.84. The van der Waals surface area contributed by atoms with E-state index >= 15 is 0 Å². The molecule has 0 radical (unpaired) electrons. The Morgan fingerprint density at radius 3 is 2.29 bits per heavy atom. The molecule has 5 heteroatoms. The average Bonchev–Trinajstić information content (AvgIpc) is 2.31. The fraction of sp³-hybridized carbons (Fsp3) is 0.333. The molecule has 0 fully saturated rings. The van der Waals surface area contributed by atoms with Gasteiger partial charge in [-0.25, -0.2) is 0 Å². The maximum absolute atomic E-state index is 5.52. The summed E-state index contributed by atoms with van der Waals surface area (Å²) in [6.45, 7) is 5.04. The summed E-state index contributed by atoms with van der Waals surface area (Å²) in [7, 11) is 0. The van der Waals surface area contributed by atoms with Gasteiger partial charge in [0.2, 0.25) is 0 Å². The summed E-state index contributed by atoms with van der Waals surface area (Å²) in [6.07, 6.45) is 2.02. The molecule has 0 unspecified atom stereocenters. The standard InChI is InChI=1S/C12H17O2PS2/c1-3-13-15(16,14-4-2)17-11-10-12-8-6-5-7-9-12/h5-11H,3-4H2,1-2H3/b11-10+. The van der Waals surface area contributed by atoms with Crippen molar-refractivity contribution in [2.24, 2.45) is 0 Å². The van der Waals surface area contributed by atoms with Crippen molar-refractivity contribution < 1.29 is 9.05 Å². The van der Waals surface area contributed by atoms with Gasteiger partial charge in [0.25, 0.3) is 5.69 Å². The van der Waals surface area contributed by atoms with Gasteiger partial charge in [-0.15, -0.1) is 0 Å². The van der Waals surface area contributed by atoms with E-state index in [4.69, 9.17) is 20.9 Å². The molecule has 0 atom stereocenters. The molecule has 0 saturated carbocycles. The Morgan fingerprint density at radius 1 is 1.18 bits per heavy atom. The molecule has 0 N–H and O–H groups in total. The van der Waals surface area contributed by atoms with Crippen LogP contribution in [0.2, 0.25) is 0 Å². The van der Waals surface area contributed by atoms with Gasteiger partial charge in [0.1, 0.15) is 0 Å². The molecular formula is C12H17O2PS2. The summed E-state index contributed by atoms with van der Waals surface area (Å²) in [5.74, 6) is 0. The molecule has 0 aliphatic rings. The van der Waals surface area contributed by atoms with E-state index in [1.54, 1.807) is 0 Å². The van der Waals surface area contributed by atoms with Crippen LogP contribution >= 0.6 is 17.1 Å². The van der Waals surface area contributed by atoms with Crippen molar-refractivity contribution in [2.45, 2.75) is 13.8 Å². The van der Waals surface area contributed by atoms with Gasteiger partial charge in [0, 0.05) is 0 Å². The largest absolute Gasteiger partial charge is 0.322 e. The highest BCUT2D eigenvalue weighted by Crippen LogP contribution is 2.61. The first-order valence-corrected chi connectivity index (χ1v) is 9.61. The molecular weight excluding hydrogens is 271 g/mol. The van der Waals surface area contributed by atoms with E-state index in [-0.39, 0.29) is 0 Å². The quantitative estimate of drug-likeness (QED) is 0.677. The predicted octanol–water partition coefficient (Wildman–Crippen LogP) is 4.69. The highest BCUT2D eigenvalue weighted by molar-refractivity contribution is 8.69. The maximum Gasteiger partial charge on any atom is 0.251 e. The predicted molar refractivity (Wildman–Crippen MR) is 80.6 cm³/mol. The zero-order valence-corrected chi connectivity index (χ0v) is 12.6. The van der Waals surface area contributed by atoms with Crippen LogP contribution in [-0.4, -0.2) is 13.2 Å². The van der Waals surface area contributed by atoms with Crippen LogP contribution in [0.4, 0.5) is 0 Å². The Bertz CT molecular complexity index is 383. The second kappa shape index (κ2) is 8.06.